The van der Waals surface area contributed by atoms with Crippen molar-refractivity contribution in [2.75, 3.05) is 0 Å². The highest BCUT2D eigenvalue weighted by Gasteiger charge is 2.48. The number of alkyl halides is 3. The molecule has 0 radical (unpaired) electrons. The van der Waals surface area contributed by atoms with Crippen LogP contribution in [0.5, 0.6) is 11.5 Å². The molecule has 0 bridgehead atoms. The standard InChI is InChI=1S/C11H11F3O4S.C10H12O2/c1-3-8-4-7(2)5-10(9(8)6-15)18-19(16,17)11(12,13)14;1-3-8-4-7(2)5-10(12)9(8)6-11/h4-6H,3H2,1-2H3;4-6,12H,3H2,1-2H3. The highest BCUT2D eigenvalue weighted by molar-refractivity contribution is 7.88. The van der Waals surface area contributed by atoms with Crippen molar-refractivity contribution < 1.29 is 40.5 Å². The molecule has 1 N–H and O–H groups in total. The monoisotopic (exact) mass is 460 g/mol. The molecular formula is C21H23F3O6S. The molecule has 0 atom stereocenters. The minimum absolute atomic E-state index is 0.0850. The van der Waals surface area contributed by atoms with Crippen molar-refractivity contribution in [3.63, 3.8) is 0 Å². The van der Waals surface area contributed by atoms with Crippen molar-refractivity contribution in [2.45, 2.75) is 46.0 Å². The van der Waals surface area contributed by atoms with Crippen LogP contribution in [0.2, 0.25) is 0 Å². The fourth-order valence-corrected chi connectivity index (χ4v) is 3.25. The molecule has 170 valence electrons. The van der Waals surface area contributed by atoms with Crippen LogP contribution in [0.1, 0.15) is 56.8 Å². The summed E-state index contributed by atoms with van der Waals surface area (Å²) in [5.74, 6) is -0.522. The second kappa shape index (κ2) is 10.4. The van der Waals surface area contributed by atoms with Gasteiger partial charge in [0.2, 0.25) is 0 Å². The predicted octanol–water partition coefficient (Wildman–Crippen LogP) is 4.67. The lowest BCUT2D eigenvalue weighted by atomic mass is 10.0. The molecule has 0 saturated heterocycles. The Morgan fingerprint density at radius 1 is 0.903 bits per heavy atom. The zero-order valence-corrected chi connectivity index (χ0v) is 18.2. The molecular weight excluding hydrogens is 437 g/mol. The van der Waals surface area contributed by atoms with Gasteiger partial charge >= 0.3 is 15.6 Å². The Hall–Kier alpha value is -2.88. The van der Waals surface area contributed by atoms with E-state index in [0.29, 0.717) is 29.4 Å². The third-order valence-corrected chi connectivity index (χ3v) is 5.21. The van der Waals surface area contributed by atoms with E-state index in [-0.39, 0.29) is 17.6 Å². The van der Waals surface area contributed by atoms with Crippen molar-refractivity contribution in [3.05, 3.63) is 57.6 Å². The summed E-state index contributed by atoms with van der Waals surface area (Å²) in [5.41, 5.74) is -2.51. The lowest BCUT2D eigenvalue weighted by Gasteiger charge is -2.13. The summed E-state index contributed by atoms with van der Waals surface area (Å²) >= 11 is 0. The number of phenolic OH excluding ortho intramolecular Hbond substituents is 1. The molecule has 0 aliphatic carbocycles. The normalized spacial score (nSPS) is 11.3. The molecule has 2 aromatic rings. The van der Waals surface area contributed by atoms with Crippen molar-refractivity contribution in [2.24, 2.45) is 0 Å². The van der Waals surface area contributed by atoms with E-state index in [0.717, 1.165) is 23.6 Å². The third-order valence-electron chi connectivity index (χ3n) is 4.24. The maximum Gasteiger partial charge on any atom is 0.534 e. The first-order chi connectivity index (χ1) is 14.3. The summed E-state index contributed by atoms with van der Waals surface area (Å²) < 4.78 is 62.6. The number of hydrogen-bond acceptors (Lipinski definition) is 6. The van der Waals surface area contributed by atoms with E-state index in [2.05, 4.69) is 4.18 Å². The van der Waals surface area contributed by atoms with E-state index in [1.165, 1.54) is 0 Å². The second-order valence-electron chi connectivity index (χ2n) is 6.62. The Balaban J connectivity index is 0.000000343. The quantitative estimate of drug-likeness (QED) is 0.382. The molecule has 0 saturated carbocycles. The first-order valence-corrected chi connectivity index (χ1v) is 10.6. The Kier molecular flexibility index (Phi) is 8.80. The molecule has 0 amide bonds. The predicted molar refractivity (Wildman–Crippen MR) is 109 cm³/mol. The SMILES string of the molecule is CCc1cc(C)cc(O)c1C=O.CCc1cc(C)cc(OS(=O)(=O)C(F)(F)F)c1C=O. The van der Waals surface area contributed by atoms with E-state index in [1.54, 1.807) is 26.0 Å². The smallest absolute Gasteiger partial charge is 0.507 e. The van der Waals surface area contributed by atoms with Gasteiger partial charge in [-0.05, 0) is 61.1 Å². The fourth-order valence-electron chi connectivity index (χ4n) is 2.78. The van der Waals surface area contributed by atoms with Crippen LogP contribution in [0.4, 0.5) is 13.2 Å². The summed E-state index contributed by atoms with van der Waals surface area (Å²) in [6, 6.07) is 6.18. The van der Waals surface area contributed by atoms with Crippen LogP contribution in [-0.4, -0.2) is 31.6 Å². The Morgan fingerprint density at radius 2 is 1.35 bits per heavy atom. The third kappa shape index (κ3) is 6.55. The van der Waals surface area contributed by atoms with Gasteiger partial charge in [-0.3, -0.25) is 9.59 Å². The maximum absolute atomic E-state index is 12.2. The van der Waals surface area contributed by atoms with E-state index < -0.39 is 21.4 Å². The fraction of sp³-hybridized carbons (Fsp3) is 0.333. The average molecular weight is 460 g/mol. The number of halogens is 3. The van der Waals surface area contributed by atoms with Crippen LogP contribution >= 0.6 is 0 Å². The number of hydrogen-bond donors (Lipinski definition) is 1. The van der Waals surface area contributed by atoms with E-state index >= 15 is 0 Å². The van der Waals surface area contributed by atoms with Gasteiger partial charge in [-0.1, -0.05) is 26.0 Å². The van der Waals surface area contributed by atoms with Gasteiger partial charge in [-0.25, -0.2) is 0 Å². The molecule has 10 heteroatoms. The lowest BCUT2D eigenvalue weighted by molar-refractivity contribution is -0.0500. The maximum atomic E-state index is 12.2. The molecule has 0 aliphatic heterocycles. The van der Waals surface area contributed by atoms with Crippen LogP contribution in [0.3, 0.4) is 0 Å². The Morgan fingerprint density at radius 3 is 1.77 bits per heavy atom. The number of carbonyl (C=O) groups is 2. The number of aromatic hydroxyl groups is 1. The van der Waals surface area contributed by atoms with Gasteiger partial charge in [0.15, 0.2) is 18.3 Å². The zero-order valence-electron chi connectivity index (χ0n) is 17.4. The first kappa shape index (κ1) is 26.2. The molecule has 0 aliphatic rings. The van der Waals surface area contributed by atoms with Gasteiger partial charge in [-0.2, -0.15) is 21.6 Å². The number of aldehydes is 2. The molecule has 0 aromatic heterocycles. The number of carbonyl (C=O) groups excluding carboxylic acids is 2. The lowest BCUT2D eigenvalue weighted by Crippen LogP contribution is -2.28. The summed E-state index contributed by atoms with van der Waals surface area (Å²) in [5, 5.41) is 9.37. The van der Waals surface area contributed by atoms with E-state index in [4.69, 9.17) is 0 Å². The van der Waals surface area contributed by atoms with E-state index in [9.17, 15) is 36.3 Å². The van der Waals surface area contributed by atoms with Crippen molar-refractivity contribution in [1.29, 1.82) is 0 Å². The highest BCUT2D eigenvalue weighted by Crippen LogP contribution is 2.30. The van der Waals surface area contributed by atoms with Crippen molar-refractivity contribution in [1.82, 2.24) is 0 Å². The molecule has 2 rings (SSSR count). The van der Waals surface area contributed by atoms with Gasteiger partial charge in [0.05, 0.1) is 11.1 Å². The minimum atomic E-state index is -5.78. The Labute approximate surface area is 178 Å². The topological polar surface area (TPSA) is 97.7 Å². The van der Waals surface area contributed by atoms with Gasteiger partial charge < -0.3 is 9.29 Å². The van der Waals surface area contributed by atoms with Gasteiger partial charge in [-0.15, -0.1) is 0 Å². The molecule has 31 heavy (non-hydrogen) atoms. The summed E-state index contributed by atoms with van der Waals surface area (Å²) in [4.78, 5) is 21.5. The molecule has 0 fully saturated rings. The molecule has 2 aromatic carbocycles. The van der Waals surface area contributed by atoms with Crippen molar-refractivity contribution >= 4 is 22.7 Å². The number of benzene rings is 2. The summed E-state index contributed by atoms with van der Waals surface area (Å²) in [7, 11) is -5.78. The van der Waals surface area contributed by atoms with Crippen LogP contribution in [0, 0.1) is 13.8 Å². The molecule has 6 nitrogen and oxygen atoms in total. The summed E-state index contributed by atoms with van der Waals surface area (Å²) in [6.45, 7) is 7.10. The minimum Gasteiger partial charge on any atom is -0.507 e. The van der Waals surface area contributed by atoms with Crippen LogP contribution in [-0.2, 0) is 23.0 Å². The average Bonchev–Trinajstić information content (AvgIpc) is 2.66. The van der Waals surface area contributed by atoms with E-state index in [1.807, 2.05) is 19.9 Å². The first-order valence-electron chi connectivity index (χ1n) is 9.18. The largest absolute Gasteiger partial charge is 0.534 e. The van der Waals surface area contributed by atoms with Crippen molar-refractivity contribution in [3.8, 4) is 11.5 Å². The highest BCUT2D eigenvalue weighted by atomic mass is 32.2. The van der Waals surface area contributed by atoms with Crippen LogP contribution < -0.4 is 4.18 Å². The van der Waals surface area contributed by atoms with Gasteiger partial charge in [0, 0.05) is 0 Å². The molecule has 0 spiro atoms. The Bertz CT molecular complexity index is 1060. The number of aryl methyl sites for hydroxylation is 4. The number of phenols is 1. The van der Waals surface area contributed by atoms with Gasteiger partial charge in [0.1, 0.15) is 5.75 Å². The number of rotatable bonds is 6. The molecule has 0 unspecified atom stereocenters. The van der Waals surface area contributed by atoms with Crippen LogP contribution in [0.15, 0.2) is 24.3 Å². The molecule has 0 heterocycles. The zero-order chi connectivity index (χ0) is 24.0. The second-order valence-corrected chi connectivity index (χ2v) is 8.16. The summed E-state index contributed by atoms with van der Waals surface area (Å²) in [6.07, 6.45) is 2.11. The van der Waals surface area contributed by atoms with Crippen LogP contribution in [0.25, 0.3) is 0 Å². The van der Waals surface area contributed by atoms with Gasteiger partial charge in [0.25, 0.3) is 0 Å².